The van der Waals surface area contributed by atoms with Crippen LogP contribution >= 0.6 is 11.6 Å². The van der Waals surface area contributed by atoms with Crippen molar-refractivity contribution < 1.29 is 18.7 Å². The van der Waals surface area contributed by atoms with Crippen molar-refractivity contribution in [2.24, 2.45) is 0 Å². The number of anilines is 1. The monoisotopic (exact) mass is 442 g/mol. The number of aromatic nitrogens is 2. The van der Waals surface area contributed by atoms with E-state index in [0.717, 1.165) is 18.6 Å². The fraction of sp³-hybridized carbons (Fsp3) is 0.318. The number of nitrogens with zero attached hydrogens (tertiary/aromatic N) is 3. The third-order valence-electron chi connectivity index (χ3n) is 5.05. The molecule has 1 saturated heterocycles. The third kappa shape index (κ3) is 5.27. The molecule has 2 aromatic carbocycles. The van der Waals surface area contributed by atoms with Crippen molar-refractivity contribution in [2.75, 3.05) is 25.5 Å². The standard InChI is InChI=1S/C22H23ClN4O4/c1-29-19-10-9-16(23)12-18(19)24-22(28)27-11-5-6-15(13-27)21-26-25-20(31-21)14-30-17-7-3-2-4-8-17/h2-4,7-10,12,15H,5-6,11,13-14H2,1H3,(H,24,28). The maximum atomic E-state index is 12.8. The summed E-state index contributed by atoms with van der Waals surface area (Å²) in [5, 5.41) is 11.7. The summed E-state index contributed by atoms with van der Waals surface area (Å²) in [5.41, 5.74) is 0.528. The first-order valence-corrected chi connectivity index (χ1v) is 10.4. The number of likely N-dealkylation sites (tertiary alicyclic amines) is 1. The first kappa shape index (κ1) is 21.0. The highest BCUT2D eigenvalue weighted by molar-refractivity contribution is 6.31. The Morgan fingerprint density at radius 3 is 2.90 bits per heavy atom. The van der Waals surface area contributed by atoms with Gasteiger partial charge in [0.1, 0.15) is 11.5 Å². The lowest BCUT2D eigenvalue weighted by Crippen LogP contribution is -2.41. The Bertz CT molecular complexity index is 1030. The molecule has 8 nitrogen and oxygen atoms in total. The maximum absolute atomic E-state index is 12.8. The molecular weight excluding hydrogens is 420 g/mol. The zero-order valence-corrected chi connectivity index (χ0v) is 17.8. The van der Waals surface area contributed by atoms with Gasteiger partial charge in [0, 0.05) is 18.1 Å². The van der Waals surface area contributed by atoms with E-state index in [4.69, 9.17) is 25.5 Å². The molecule has 0 aliphatic carbocycles. The molecule has 2 amide bonds. The van der Waals surface area contributed by atoms with Crippen LogP contribution in [0.4, 0.5) is 10.5 Å². The van der Waals surface area contributed by atoms with Crippen LogP contribution in [0.3, 0.4) is 0 Å². The number of methoxy groups -OCH3 is 1. The number of rotatable bonds is 6. The van der Waals surface area contributed by atoms with Gasteiger partial charge in [0.05, 0.1) is 18.7 Å². The molecule has 1 aliphatic rings. The molecule has 1 aliphatic heterocycles. The predicted octanol–water partition coefficient (Wildman–Crippen LogP) is 4.72. The van der Waals surface area contributed by atoms with E-state index in [1.54, 1.807) is 30.2 Å². The molecule has 2 heterocycles. The highest BCUT2D eigenvalue weighted by atomic mass is 35.5. The van der Waals surface area contributed by atoms with Gasteiger partial charge in [-0.05, 0) is 43.2 Å². The number of hydrogen-bond acceptors (Lipinski definition) is 6. The van der Waals surface area contributed by atoms with E-state index in [0.29, 0.717) is 41.3 Å². The van der Waals surface area contributed by atoms with Crippen LogP contribution in [0, 0.1) is 0 Å². The van der Waals surface area contributed by atoms with E-state index in [1.807, 2.05) is 30.3 Å². The van der Waals surface area contributed by atoms with Gasteiger partial charge >= 0.3 is 6.03 Å². The molecule has 31 heavy (non-hydrogen) atoms. The van der Waals surface area contributed by atoms with Crippen LogP contribution < -0.4 is 14.8 Å². The van der Waals surface area contributed by atoms with Gasteiger partial charge in [-0.2, -0.15) is 0 Å². The minimum absolute atomic E-state index is 0.0290. The van der Waals surface area contributed by atoms with E-state index in [-0.39, 0.29) is 18.6 Å². The quantitative estimate of drug-likeness (QED) is 0.594. The van der Waals surface area contributed by atoms with Crippen LogP contribution in [0.2, 0.25) is 5.02 Å². The number of para-hydroxylation sites is 1. The molecule has 0 spiro atoms. The van der Waals surface area contributed by atoms with Gasteiger partial charge < -0.3 is 24.1 Å². The van der Waals surface area contributed by atoms with E-state index < -0.39 is 0 Å². The summed E-state index contributed by atoms with van der Waals surface area (Å²) in [4.78, 5) is 14.6. The first-order chi connectivity index (χ1) is 15.1. The van der Waals surface area contributed by atoms with Crippen molar-refractivity contribution in [2.45, 2.75) is 25.4 Å². The van der Waals surface area contributed by atoms with Crippen molar-refractivity contribution in [3.8, 4) is 11.5 Å². The van der Waals surface area contributed by atoms with Crippen LogP contribution in [0.25, 0.3) is 0 Å². The Morgan fingerprint density at radius 1 is 1.26 bits per heavy atom. The lowest BCUT2D eigenvalue weighted by Gasteiger charge is -2.31. The molecule has 4 rings (SSSR count). The smallest absolute Gasteiger partial charge is 0.321 e. The summed E-state index contributed by atoms with van der Waals surface area (Å²) >= 11 is 6.06. The van der Waals surface area contributed by atoms with E-state index >= 15 is 0 Å². The molecule has 0 radical (unpaired) electrons. The number of piperidine rings is 1. The lowest BCUT2D eigenvalue weighted by molar-refractivity contribution is 0.184. The van der Waals surface area contributed by atoms with Crippen molar-refractivity contribution in [3.05, 3.63) is 65.3 Å². The summed E-state index contributed by atoms with van der Waals surface area (Å²) in [6, 6.07) is 14.3. The van der Waals surface area contributed by atoms with Gasteiger partial charge in [0.25, 0.3) is 5.89 Å². The highest BCUT2D eigenvalue weighted by Crippen LogP contribution is 2.30. The zero-order valence-electron chi connectivity index (χ0n) is 17.1. The molecular formula is C22H23ClN4O4. The second-order valence-corrected chi connectivity index (χ2v) is 7.63. The van der Waals surface area contributed by atoms with Gasteiger partial charge in [-0.25, -0.2) is 4.79 Å². The largest absolute Gasteiger partial charge is 0.495 e. The number of nitrogens with one attached hydrogen (secondary N) is 1. The van der Waals surface area contributed by atoms with E-state index in [1.165, 1.54) is 0 Å². The molecule has 9 heteroatoms. The van der Waals surface area contributed by atoms with Crippen LogP contribution in [-0.2, 0) is 6.61 Å². The summed E-state index contributed by atoms with van der Waals surface area (Å²) in [5.74, 6) is 2.18. The molecule has 0 saturated carbocycles. The second-order valence-electron chi connectivity index (χ2n) is 7.20. The average molecular weight is 443 g/mol. The topological polar surface area (TPSA) is 89.7 Å². The molecule has 3 aromatic rings. The number of ether oxygens (including phenoxy) is 2. The third-order valence-corrected chi connectivity index (χ3v) is 5.28. The Kier molecular flexibility index (Phi) is 6.57. The summed E-state index contributed by atoms with van der Waals surface area (Å²) in [6.45, 7) is 1.32. The van der Waals surface area contributed by atoms with Gasteiger partial charge in [-0.15, -0.1) is 10.2 Å². The Hall–Kier alpha value is -3.26. The van der Waals surface area contributed by atoms with Crippen LogP contribution in [0.15, 0.2) is 52.9 Å². The summed E-state index contributed by atoms with van der Waals surface area (Å²) in [6.07, 6.45) is 1.70. The molecule has 1 unspecified atom stereocenters. The summed E-state index contributed by atoms with van der Waals surface area (Å²) in [7, 11) is 1.55. The van der Waals surface area contributed by atoms with Gasteiger partial charge in [0.2, 0.25) is 5.89 Å². The van der Waals surface area contributed by atoms with Gasteiger partial charge in [0.15, 0.2) is 6.61 Å². The number of amides is 2. The molecule has 1 aromatic heterocycles. The fourth-order valence-corrected chi connectivity index (χ4v) is 3.66. The average Bonchev–Trinajstić information content (AvgIpc) is 3.28. The number of urea groups is 1. The normalized spacial score (nSPS) is 16.1. The predicted molar refractivity (Wildman–Crippen MR) is 116 cm³/mol. The van der Waals surface area contributed by atoms with Gasteiger partial charge in [-0.3, -0.25) is 0 Å². The number of carbonyl (C=O) groups is 1. The van der Waals surface area contributed by atoms with E-state index in [2.05, 4.69) is 15.5 Å². The van der Waals surface area contributed by atoms with Crippen LogP contribution in [-0.4, -0.2) is 41.3 Å². The number of carbonyl (C=O) groups excluding carboxylic acids is 1. The second kappa shape index (κ2) is 9.70. The van der Waals surface area contributed by atoms with E-state index in [9.17, 15) is 4.79 Å². The first-order valence-electron chi connectivity index (χ1n) is 10.0. The molecule has 0 bridgehead atoms. The zero-order chi connectivity index (χ0) is 21.6. The summed E-state index contributed by atoms with van der Waals surface area (Å²) < 4.78 is 16.8. The molecule has 162 valence electrons. The SMILES string of the molecule is COc1ccc(Cl)cc1NC(=O)N1CCCC(c2nnc(COc3ccccc3)o2)C1. The van der Waals surface area contributed by atoms with Crippen molar-refractivity contribution >= 4 is 23.3 Å². The Morgan fingerprint density at radius 2 is 2.10 bits per heavy atom. The maximum Gasteiger partial charge on any atom is 0.321 e. The van der Waals surface area contributed by atoms with Crippen molar-refractivity contribution in [1.29, 1.82) is 0 Å². The van der Waals surface area contributed by atoms with Crippen molar-refractivity contribution in [1.82, 2.24) is 15.1 Å². The molecule has 1 fully saturated rings. The van der Waals surface area contributed by atoms with Gasteiger partial charge in [-0.1, -0.05) is 29.8 Å². The van der Waals surface area contributed by atoms with Crippen LogP contribution in [0.5, 0.6) is 11.5 Å². The van der Waals surface area contributed by atoms with Crippen molar-refractivity contribution in [3.63, 3.8) is 0 Å². The Balaban J connectivity index is 1.37. The minimum Gasteiger partial charge on any atom is -0.495 e. The lowest BCUT2D eigenvalue weighted by atomic mass is 9.98. The number of benzene rings is 2. The number of hydrogen-bond donors (Lipinski definition) is 1. The number of halogens is 1. The fourth-order valence-electron chi connectivity index (χ4n) is 3.49. The minimum atomic E-state index is -0.225. The highest BCUT2D eigenvalue weighted by Gasteiger charge is 2.29. The Labute approximate surface area is 185 Å². The molecule has 1 N–H and O–H groups in total. The van der Waals surface area contributed by atoms with Crippen LogP contribution in [0.1, 0.15) is 30.5 Å². The molecule has 1 atom stereocenters.